The van der Waals surface area contributed by atoms with Gasteiger partial charge in [0.25, 0.3) is 0 Å². The molecular weight excluding hydrogens is 366 g/mol. The normalized spacial score (nSPS) is 11.7. The molecule has 0 fully saturated rings. The summed E-state index contributed by atoms with van der Waals surface area (Å²) in [6.07, 6.45) is 4.43. The molecule has 0 bridgehead atoms. The van der Waals surface area contributed by atoms with Crippen LogP contribution in [0.15, 0.2) is 54.9 Å². The summed E-state index contributed by atoms with van der Waals surface area (Å²) in [4.78, 5) is 15.1. The molecule has 142 valence electrons. The van der Waals surface area contributed by atoms with Crippen LogP contribution in [0.1, 0.15) is 38.3 Å². The highest BCUT2D eigenvalue weighted by Gasteiger charge is 2.20. The second-order valence-electron chi connectivity index (χ2n) is 7.70. The number of nitrogens with zero attached hydrogens (tertiary/aromatic N) is 3. The van der Waals surface area contributed by atoms with Crippen LogP contribution in [-0.2, 0) is 11.8 Å². The van der Waals surface area contributed by atoms with Gasteiger partial charge in [-0.15, -0.1) is 11.3 Å². The highest BCUT2D eigenvalue weighted by atomic mass is 32.1. The van der Waals surface area contributed by atoms with Gasteiger partial charge in [-0.25, -0.2) is 4.98 Å². The van der Waals surface area contributed by atoms with Gasteiger partial charge < -0.3 is 4.74 Å². The van der Waals surface area contributed by atoms with Crippen molar-refractivity contribution in [3.05, 3.63) is 65.4 Å². The zero-order chi connectivity index (χ0) is 19.7. The Morgan fingerprint density at radius 3 is 2.54 bits per heavy atom. The first kappa shape index (κ1) is 18.6. The van der Waals surface area contributed by atoms with Crippen LogP contribution in [0, 0.1) is 0 Å². The zero-order valence-corrected chi connectivity index (χ0v) is 17.4. The van der Waals surface area contributed by atoms with E-state index < -0.39 is 0 Å². The lowest BCUT2D eigenvalue weighted by molar-refractivity contribution is 0.487. The number of fused-ring (bicyclic) bond motifs is 1. The number of pyridine rings is 3. The summed E-state index contributed by atoms with van der Waals surface area (Å²) in [5, 5.41) is 0. The van der Waals surface area contributed by atoms with Crippen molar-refractivity contribution in [1.82, 2.24) is 15.0 Å². The van der Waals surface area contributed by atoms with Crippen molar-refractivity contribution in [1.29, 1.82) is 0 Å². The van der Waals surface area contributed by atoms with Crippen LogP contribution in [0.5, 0.6) is 11.5 Å². The number of aryl methyl sites for hydroxylation is 1. The fourth-order valence-electron chi connectivity index (χ4n) is 2.94. The first-order chi connectivity index (χ1) is 13.5. The van der Waals surface area contributed by atoms with Crippen molar-refractivity contribution in [2.45, 2.75) is 39.5 Å². The summed E-state index contributed by atoms with van der Waals surface area (Å²) in [5.74, 6) is 1.50. The molecule has 0 aliphatic carbocycles. The van der Waals surface area contributed by atoms with E-state index in [0.717, 1.165) is 39.5 Å². The van der Waals surface area contributed by atoms with E-state index in [4.69, 9.17) is 9.72 Å². The van der Waals surface area contributed by atoms with Crippen LogP contribution in [0.4, 0.5) is 0 Å². The molecule has 4 aromatic heterocycles. The van der Waals surface area contributed by atoms with E-state index in [0.29, 0.717) is 5.75 Å². The van der Waals surface area contributed by atoms with Gasteiger partial charge in [-0.3, -0.25) is 9.97 Å². The van der Waals surface area contributed by atoms with Crippen molar-refractivity contribution in [2.24, 2.45) is 0 Å². The standard InChI is InChI=1S/C23H23N3OS/c1-5-15-9-10-18(21(26-15)16-8-6-7-12-24-16)27-19-11-13-25-17-14-20(23(2,3)4)28-22(17)19/h6-14H,5H2,1-4H3. The third-order valence-corrected chi connectivity index (χ3v) is 6.09. The van der Waals surface area contributed by atoms with Crippen molar-refractivity contribution in [3.63, 3.8) is 0 Å². The third-order valence-electron chi connectivity index (χ3n) is 4.52. The summed E-state index contributed by atoms with van der Waals surface area (Å²) in [5.41, 5.74) is 3.62. The molecule has 0 unspecified atom stereocenters. The van der Waals surface area contributed by atoms with E-state index in [-0.39, 0.29) is 5.41 Å². The second kappa shape index (κ2) is 7.32. The monoisotopic (exact) mass is 389 g/mol. The smallest absolute Gasteiger partial charge is 0.155 e. The lowest BCUT2D eigenvalue weighted by Crippen LogP contribution is -2.07. The lowest BCUT2D eigenvalue weighted by atomic mass is 9.95. The number of hydrogen-bond acceptors (Lipinski definition) is 5. The Kier molecular flexibility index (Phi) is 4.85. The number of hydrogen-bond donors (Lipinski definition) is 0. The number of aromatic nitrogens is 3. The summed E-state index contributed by atoms with van der Waals surface area (Å²) in [6, 6.07) is 13.9. The Morgan fingerprint density at radius 2 is 1.82 bits per heavy atom. The SMILES string of the molecule is CCc1ccc(Oc2ccnc3cc(C(C)(C)C)sc23)c(-c2ccccn2)n1. The van der Waals surface area contributed by atoms with Crippen LogP contribution in [0.25, 0.3) is 21.6 Å². The molecule has 0 aliphatic rings. The van der Waals surface area contributed by atoms with E-state index in [9.17, 15) is 0 Å². The summed E-state index contributed by atoms with van der Waals surface area (Å²) >= 11 is 1.74. The molecular formula is C23H23N3OS. The van der Waals surface area contributed by atoms with Gasteiger partial charge in [0, 0.05) is 29.0 Å². The lowest BCUT2D eigenvalue weighted by Gasteiger charge is -2.15. The number of rotatable bonds is 4. The Morgan fingerprint density at radius 1 is 0.964 bits per heavy atom. The molecule has 4 heterocycles. The van der Waals surface area contributed by atoms with Crippen molar-refractivity contribution < 1.29 is 4.74 Å². The molecule has 4 rings (SSSR count). The molecule has 0 spiro atoms. The minimum Gasteiger partial charge on any atom is -0.453 e. The minimum atomic E-state index is 0.0755. The van der Waals surface area contributed by atoms with Gasteiger partial charge in [0.1, 0.15) is 11.4 Å². The molecule has 5 heteroatoms. The second-order valence-corrected chi connectivity index (χ2v) is 8.76. The number of thiophene rings is 1. The van der Waals surface area contributed by atoms with E-state index >= 15 is 0 Å². The molecule has 0 saturated heterocycles. The average molecular weight is 390 g/mol. The maximum absolute atomic E-state index is 6.37. The Bertz CT molecular complexity index is 1110. The zero-order valence-electron chi connectivity index (χ0n) is 16.6. The van der Waals surface area contributed by atoms with Crippen LogP contribution in [0.2, 0.25) is 0 Å². The molecule has 0 radical (unpaired) electrons. The minimum absolute atomic E-state index is 0.0755. The molecule has 0 N–H and O–H groups in total. The predicted octanol–water partition coefficient (Wildman–Crippen LogP) is 6.41. The average Bonchev–Trinajstić information content (AvgIpc) is 3.15. The van der Waals surface area contributed by atoms with Gasteiger partial charge in [-0.05, 0) is 42.2 Å². The first-order valence-corrected chi connectivity index (χ1v) is 10.3. The van der Waals surface area contributed by atoms with Gasteiger partial charge >= 0.3 is 0 Å². The van der Waals surface area contributed by atoms with Crippen LogP contribution >= 0.6 is 11.3 Å². The maximum Gasteiger partial charge on any atom is 0.155 e. The Balaban J connectivity index is 1.81. The highest BCUT2D eigenvalue weighted by Crippen LogP contribution is 2.40. The fourth-order valence-corrected chi connectivity index (χ4v) is 4.06. The topological polar surface area (TPSA) is 47.9 Å². The summed E-state index contributed by atoms with van der Waals surface area (Å²) in [7, 11) is 0. The first-order valence-electron chi connectivity index (χ1n) is 9.44. The quantitative estimate of drug-likeness (QED) is 0.405. The highest BCUT2D eigenvalue weighted by molar-refractivity contribution is 7.19. The van der Waals surface area contributed by atoms with E-state index in [1.54, 1.807) is 23.7 Å². The van der Waals surface area contributed by atoms with Gasteiger partial charge in [0.2, 0.25) is 0 Å². The molecule has 4 nitrogen and oxygen atoms in total. The predicted molar refractivity (Wildman–Crippen MR) is 115 cm³/mol. The molecule has 0 amide bonds. The van der Waals surface area contributed by atoms with Crippen molar-refractivity contribution in [2.75, 3.05) is 0 Å². The third kappa shape index (κ3) is 3.62. The molecule has 0 saturated carbocycles. The Hall–Kier alpha value is -2.79. The van der Waals surface area contributed by atoms with Crippen molar-refractivity contribution in [3.8, 4) is 22.9 Å². The van der Waals surface area contributed by atoms with E-state index in [1.807, 2.05) is 36.4 Å². The van der Waals surface area contributed by atoms with Gasteiger partial charge in [0.05, 0.1) is 15.9 Å². The van der Waals surface area contributed by atoms with Gasteiger partial charge in [0.15, 0.2) is 5.75 Å². The molecule has 0 atom stereocenters. The largest absolute Gasteiger partial charge is 0.453 e. The maximum atomic E-state index is 6.37. The van der Waals surface area contributed by atoms with Gasteiger partial charge in [-0.2, -0.15) is 0 Å². The molecule has 28 heavy (non-hydrogen) atoms. The Labute approximate surface area is 169 Å². The van der Waals surface area contributed by atoms with E-state index in [2.05, 4.69) is 43.7 Å². The van der Waals surface area contributed by atoms with Crippen LogP contribution in [0.3, 0.4) is 0 Å². The summed E-state index contributed by atoms with van der Waals surface area (Å²) < 4.78 is 7.43. The molecule has 0 aromatic carbocycles. The van der Waals surface area contributed by atoms with E-state index in [1.165, 1.54) is 4.88 Å². The van der Waals surface area contributed by atoms with Crippen LogP contribution in [-0.4, -0.2) is 15.0 Å². The fraction of sp³-hybridized carbons (Fsp3) is 0.261. The molecule has 0 aliphatic heterocycles. The van der Waals surface area contributed by atoms with Crippen molar-refractivity contribution >= 4 is 21.6 Å². The summed E-state index contributed by atoms with van der Waals surface area (Å²) in [6.45, 7) is 8.73. The van der Waals surface area contributed by atoms with Crippen LogP contribution < -0.4 is 4.74 Å². The molecule has 4 aromatic rings. The number of ether oxygens (including phenoxy) is 1. The van der Waals surface area contributed by atoms with Gasteiger partial charge in [-0.1, -0.05) is 33.8 Å².